The normalized spacial score (nSPS) is 19.6. The monoisotopic (exact) mass is 213 g/mol. The molecule has 15 heavy (non-hydrogen) atoms. The van der Waals surface area contributed by atoms with Gasteiger partial charge in [-0.1, -0.05) is 26.2 Å². The molecule has 1 rings (SSSR count). The van der Waals surface area contributed by atoms with Crippen LogP contribution in [0, 0.1) is 5.92 Å². The summed E-state index contributed by atoms with van der Waals surface area (Å²) in [7, 11) is 0. The molecule has 0 spiro atoms. The molecule has 0 saturated heterocycles. The molecule has 90 valence electrons. The van der Waals surface area contributed by atoms with Crippen LogP contribution in [0.3, 0.4) is 0 Å². The molecular formula is C13H27NO. The predicted molar refractivity (Wildman–Crippen MR) is 65.1 cm³/mol. The van der Waals surface area contributed by atoms with Gasteiger partial charge in [-0.3, -0.25) is 0 Å². The van der Waals surface area contributed by atoms with Crippen LogP contribution in [0.5, 0.6) is 0 Å². The minimum atomic E-state index is 0.377. The van der Waals surface area contributed by atoms with E-state index in [1.54, 1.807) is 0 Å². The lowest BCUT2D eigenvalue weighted by Gasteiger charge is -2.16. The van der Waals surface area contributed by atoms with Crippen LogP contribution >= 0.6 is 0 Å². The Bertz CT molecular complexity index is 143. The van der Waals surface area contributed by atoms with Crippen LogP contribution in [-0.4, -0.2) is 25.8 Å². The van der Waals surface area contributed by atoms with E-state index < -0.39 is 0 Å². The van der Waals surface area contributed by atoms with Gasteiger partial charge in [0.15, 0.2) is 0 Å². The Labute approximate surface area is 94.8 Å². The zero-order chi connectivity index (χ0) is 10.9. The molecule has 0 aromatic carbocycles. The van der Waals surface area contributed by atoms with Gasteiger partial charge in [0.25, 0.3) is 0 Å². The Morgan fingerprint density at radius 1 is 1.33 bits per heavy atom. The van der Waals surface area contributed by atoms with E-state index in [1.165, 1.54) is 38.5 Å². The topological polar surface area (TPSA) is 21.3 Å². The summed E-state index contributed by atoms with van der Waals surface area (Å²) in [5.74, 6) is 0.850. The van der Waals surface area contributed by atoms with Crippen molar-refractivity contribution in [2.75, 3.05) is 19.7 Å². The predicted octanol–water partition coefficient (Wildman–Crippen LogP) is 2.97. The van der Waals surface area contributed by atoms with Crippen LogP contribution in [0.15, 0.2) is 0 Å². The lowest BCUT2D eigenvalue weighted by Crippen LogP contribution is -2.28. The van der Waals surface area contributed by atoms with Crippen LogP contribution in [0.2, 0.25) is 0 Å². The molecule has 0 heterocycles. The first kappa shape index (κ1) is 13.0. The van der Waals surface area contributed by atoms with Crippen LogP contribution in [0.1, 0.15) is 52.4 Å². The van der Waals surface area contributed by atoms with E-state index in [0.717, 1.165) is 25.6 Å². The highest BCUT2D eigenvalue weighted by Crippen LogP contribution is 2.24. The quantitative estimate of drug-likeness (QED) is 0.626. The maximum absolute atomic E-state index is 5.84. The second-order valence-corrected chi connectivity index (χ2v) is 4.85. The largest absolute Gasteiger partial charge is 0.377 e. The van der Waals surface area contributed by atoms with Gasteiger partial charge in [-0.15, -0.1) is 0 Å². The average molecular weight is 213 g/mol. The van der Waals surface area contributed by atoms with Gasteiger partial charge in [-0.05, 0) is 38.6 Å². The van der Waals surface area contributed by atoms with Gasteiger partial charge in [-0.25, -0.2) is 0 Å². The molecule has 0 amide bonds. The van der Waals surface area contributed by atoms with E-state index in [0.29, 0.717) is 6.10 Å². The van der Waals surface area contributed by atoms with E-state index >= 15 is 0 Å². The maximum Gasteiger partial charge on any atom is 0.0671 e. The summed E-state index contributed by atoms with van der Waals surface area (Å²) in [6.07, 6.45) is 8.52. The minimum Gasteiger partial charge on any atom is -0.377 e. The van der Waals surface area contributed by atoms with Gasteiger partial charge in [0.05, 0.1) is 6.10 Å². The molecule has 0 aliphatic heterocycles. The third-order valence-corrected chi connectivity index (χ3v) is 3.23. The smallest absolute Gasteiger partial charge is 0.0671 e. The van der Waals surface area contributed by atoms with Gasteiger partial charge in [0.1, 0.15) is 0 Å². The van der Waals surface area contributed by atoms with E-state index in [2.05, 4.69) is 19.2 Å². The molecule has 1 fully saturated rings. The number of rotatable bonds is 8. The summed E-state index contributed by atoms with van der Waals surface area (Å²) in [6, 6.07) is 0. The molecule has 2 heteroatoms. The van der Waals surface area contributed by atoms with Crippen molar-refractivity contribution >= 4 is 0 Å². The fourth-order valence-electron chi connectivity index (χ4n) is 2.14. The van der Waals surface area contributed by atoms with Crippen molar-refractivity contribution in [1.82, 2.24) is 5.32 Å². The second kappa shape index (κ2) is 8.12. The van der Waals surface area contributed by atoms with Crippen molar-refractivity contribution in [2.45, 2.75) is 58.5 Å². The fraction of sp³-hybridized carbons (Fsp3) is 1.00. The van der Waals surface area contributed by atoms with Gasteiger partial charge in [-0.2, -0.15) is 0 Å². The zero-order valence-electron chi connectivity index (χ0n) is 10.4. The van der Waals surface area contributed by atoms with E-state index in [9.17, 15) is 0 Å². The van der Waals surface area contributed by atoms with Crippen molar-refractivity contribution in [3.8, 4) is 0 Å². The summed E-state index contributed by atoms with van der Waals surface area (Å²) in [4.78, 5) is 0. The Hall–Kier alpha value is -0.0800. The van der Waals surface area contributed by atoms with Crippen molar-refractivity contribution in [1.29, 1.82) is 0 Å². The third kappa shape index (κ3) is 6.16. The number of nitrogens with one attached hydrogen (secondary N) is 1. The number of hydrogen-bond acceptors (Lipinski definition) is 2. The van der Waals surface area contributed by atoms with Gasteiger partial charge in [0.2, 0.25) is 0 Å². The van der Waals surface area contributed by atoms with Crippen molar-refractivity contribution in [3.05, 3.63) is 0 Å². The van der Waals surface area contributed by atoms with E-state index in [1.807, 2.05) is 0 Å². The fourth-order valence-corrected chi connectivity index (χ4v) is 2.14. The summed E-state index contributed by atoms with van der Waals surface area (Å²) in [5.41, 5.74) is 0. The first-order valence-corrected chi connectivity index (χ1v) is 6.65. The van der Waals surface area contributed by atoms with Gasteiger partial charge >= 0.3 is 0 Å². The van der Waals surface area contributed by atoms with Gasteiger partial charge < -0.3 is 10.1 Å². The maximum atomic E-state index is 5.84. The van der Waals surface area contributed by atoms with Crippen LogP contribution in [-0.2, 0) is 4.74 Å². The molecule has 1 unspecified atom stereocenters. The number of hydrogen-bond donors (Lipinski definition) is 1. The molecular weight excluding hydrogens is 186 g/mol. The lowest BCUT2D eigenvalue weighted by atomic mass is 10.1. The highest BCUT2D eigenvalue weighted by atomic mass is 16.5. The lowest BCUT2D eigenvalue weighted by molar-refractivity contribution is 0.0418. The Morgan fingerprint density at radius 2 is 2.07 bits per heavy atom. The molecule has 1 atom stereocenters. The molecule has 0 radical (unpaired) electrons. The molecule has 1 N–H and O–H groups in total. The van der Waals surface area contributed by atoms with Crippen LogP contribution < -0.4 is 5.32 Å². The Morgan fingerprint density at radius 3 is 2.73 bits per heavy atom. The molecule has 1 aliphatic rings. The average Bonchev–Trinajstić information content (AvgIpc) is 2.74. The number of unbranched alkanes of at least 4 members (excludes halogenated alkanes) is 1. The molecule has 0 aromatic heterocycles. The minimum absolute atomic E-state index is 0.377. The molecule has 0 bridgehead atoms. The van der Waals surface area contributed by atoms with Crippen LogP contribution in [0.4, 0.5) is 0 Å². The molecule has 2 nitrogen and oxygen atoms in total. The first-order valence-electron chi connectivity index (χ1n) is 6.65. The summed E-state index contributed by atoms with van der Waals surface area (Å²) in [5, 5.41) is 3.44. The summed E-state index contributed by atoms with van der Waals surface area (Å²) < 4.78 is 5.84. The summed E-state index contributed by atoms with van der Waals surface area (Å²) >= 11 is 0. The van der Waals surface area contributed by atoms with E-state index in [-0.39, 0.29) is 0 Å². The third-order valence-electron chi connectivity index (χ3n) is 3.23. The van der Waals surface area contributed by atoms with Crippen molar-refractivity contribution < 1.29 is 4.74 Å². The van der Waals surface area contributed by atoms with Gasteiger partial charge in [0, 0.05) is 13.2 Å². The van der Waals surface area contributed by atoms with Crippen molar-refractivity contribution in [2.24, 2.45) is 5.92 Å². The molecule has 0 aromatic rings. The number of ether oxygens (including phenoxy) is 1. The molecule has 1 aliphatic carbocycles. The van der Waals surface area contributed by atoms with Crippen molar-refractivity contribution in [3.63, 3.8) is 0 Å². The SMILES string of the molecule is CCCCNCC(C)OCC1CCCC1. The van der Waals surface area contributed by atoms with E-state index in [4.69, 9.17) is 4.74 Å². The highest BCUT2D eigenvalue weighted by Gasteiger charge is 2.15. The highest BCUT2D eigenvalue weighted by molar-refractivity contribution is 4.67. The Balaban J connectivity index is 1.90. The Kier molecular flexibility index (Phi) is 7.03. The standard InChI is InChI=1S/C13H27NO/c1-3-4-9-14-10-12(2)15-11-13-7-5-6-8-13/h12-14H,3-11H2,1-2H3. The second-order valence-electron chi connectivity index (χ2n) is 4.85. The zero-order valence-corrected chi connectivity index (χ0v) is 10.4. The molecule has 1 saturated carbocycles. The summed E-state index contributed by atoms with van der Waals surface area (Å²) in [6.45, 7) is 7.52. The first-order chi connectivity index (χ1) is 7.33. The van der Waals surface area contributed by atoms with Crippen LogP contribution in [0.25, 0.3) is 0 Å².